The largest absolute Gasteiger partial charge is 0.390 e. The highest BCUT2D eigenvalue weighted by atomic mass is 16.3. The third-order valence-electron chi connectivity index (χ3n) is 6.45. The zero-order valence-electron chi connectivity index (χ0n) is 18.4. The molecule has 0 radical (unpaired) electrons. The SMILES string of the molecule is Cc1ccc(-c2c3n(c4ccccc24)C(=O)[C@](C)(CC(C)(C)O)c2ccccc2-3)cc1. The van der Waals surface area contributed by atoms with Gasteiger partial charge in [-0.15, -0.1) is 0 Å². The van der Waals surface area contributed by atoms with Crippen LogP contribution in [0.15, 0.2) is 72.8 Å². The average molecular weight is 410 g/mol. The number of nitrogens with zero attached hydrogens (tertiary/aromatic N) is 1. The molecule has 1 N–H and O–H groups in total. The zero-order chi connectivity index (χ0) is 22.0. The molecular weight excluding hydrogens is 382 g/mol. The molecular formula is C28H27NO2. The van der Waals surface area contributed by atoms with Gasteiger partial charge in [0, 0.05) is 16.5 Å². The van der Waals surface area contributed by atoms with Crippen LogP contribution in [0, 0.1) is 6.92 Å². The van der Waals surface area contributed by atoms with Gasteiger partial charge in [0.15, 0.2) is 0 Å². The molecule has 1 atom stereocenters. The number of carbonyl (C=O) groups is 1. The summed E-state index contributed by atoms with van der Waals surface area (Å²) in [4.78, 5) is 14.1. The molecule has 156 valence electrons. The van der Waals surface area contributed by atoms with E-state index in [1.165, 1.54) is 5.56 Å². The molecule has 0 aliphatic carbocycles. The lowest BCUT2D eigenvalue weighted by atomic mass is 9.70. The van der Waals surface area contributed by atoms with Crippen molar-refractivity contribution in [2.75, 3.05) is 0 Å². The summed E-state index contributed by atoms with van der Waals surface area (Å²) in [5, 5.41) is 11.8. The Bertz CT molecular complexity index is 1320. The van der Waals surface area contributed by atoms with Gasteiger partial charge in [0.05, 0.1) is 22.2 Å². The molecule has 2 heterocycles. The molecule has 5 rings (SSSR count). The Morgan fingerprint density at radius 1 is 0.935 bits per heavy atom. The van der Waals surface area contributed by atoms with E-state index in [-0.39, 0.29) is 5.91 Å². The third kappa shape index (κ3) is 2.95. The van der Waals surface area contributed by atoms with E-state index in [9.17, 15) is 9.90 Å². The summed E-state index contributed by atoms with van der Waals surface area (Å²) in [6.07, 6.45) is 0.349. The van der Waals surface area contributed by atoms with Crippen molar-refractivity contribution in [3.05, 3.63) is 83.9 Å². The molecule has 0 saturated heterocycles. The first-order valence-electron chi connectivity index (χ1n) is 10.8. The smallest absolute Gasteiger partial charge is 0.242 e. The number of aromatic nitrogens is 1. The molecule has 31 heavy (non-hydrogen) atoms. The number of para-hydroxylation sites is 1. The number of rotatable bonds is 3. The molecule has 0 bridgehead atoms. The molecule has 3 nitrogen and oxygen atoms in total. The van der Waals surface area contributed by atoms with Crippen LogP contribution >= 0.6 is 0 Å². The van der Waals surface area contributed by atoms with Crippen LogP contribution in [0.25, 0.3) is 33.3 Å². The highest BCUT2D eigenvalue weighted by Crippen LogP contribution is 2.50. The average Bonchev–Trinajstić information content (AvgIpc) is 3.07. The minimum absolute atomic E-state index is 0.0119. The minimum Gasteiger partial charge on any atom is -0.390 e. The summed E-state index contributed by atoms with van der Waals surface area (Å²) >= 11 is 0. The molecule has 0 spiro atoms. The topological polar surface area (TPSA) is 42.2 Å². The van der Waals surface area contributed by atoms with E-state index in [1.807, 2.05) is 47.9 Å². The summed E-state index contributed by atoms with van der Waals surface area (Å²) in [5.41, 5.74) is 5.48. The minimum atomic E-state index is -0.974. The van der Waals surface area contributed by atoms with Crippen LogP contribution < -0.4 is 0 Å². The van der Waals surface area contributed by atoms with Gasteiger partial charge >= 0.3 is 0 Å². The first-order chi connectivity index (χ1) is 14.7. The van der Waals surface area contributed by atoms with Crippen LogP contribution in [0.4, 0.5) is 0 Å². The van der Waals surface area contributed by atoms with Crippen molar-refractivity contribution >= 4 is 16.8 Å². The Hall–Kier alpha value is -3.17. The molecule has 4 aromatic rings. The lowest BCUT2D eigenvalue weighted by Crippen LogP contribution is -2.45. The fraction of sp³-hybridized carbons (Fsp3) is 0.250. The Kier molecular flexibility index (Phi) is 4.25. The third-order valence-corrected chi connectivity index (χ3v) is 6.45. The maximum absolute atomic E-state index is 14.1. The number of aryl methyl sites for hydroxylation is 1. The standard InChI is InChI=1S/C28H27NO2/c1-18-13-15-19(16-14-18)24-21-10-6-8-12-23(21)29-25(24)20-9-5-7-11-22(20)28(4,26(29)30)17-27(2,3)31/h5-16,31H,17H2,1-4H3/t28-/m1/s1. The molecule has 0 amide bonds. The summed E-state index contributed by atoms with van der Waals surface area (Å²) in [5.74, 6) is 0.0119. The lowest BCUT2D eigenvalue weighted by Gasteiger charge is -2.39. The molecule has 1 aliphatic rings. The van der Waals surface area contributed by atoms with Crippen molar-refractivity contribution in [1.82, 2.24) is 4.57 Å². The van der Waals surface area contributed by atoms with Crippen LogP contribution in [0.1, 0.15) is 43.1 Å². The van der Waals surface area contributed by atoms with Gasteiger partial charge in [-0.3, -0.25) is 9.36 Å². The second kappa shape index (κ2) is 6.66. The van der Waals surface area contributed by atoms with Crippen LogP contribution in [0.2, 0.25) is 0 Å². The van der Waals surface area contributed by atoms with E-state index in [4.69, 9.17) is 0 Å². The van der Waals surface area contributed by atoms with Gasteiger partial charge in [0.25, 0.3) is 0 Å². The summed E-state index contributed by atoms with van der Waals surface area (Å²) in [6.45, 7) is 7.59. The van der Waals surface area contributed by atoms with Crippen molar-refractivity contribution in [3.63, 3.8) is 0 Å². The van der Waals surface area contributed by atoms with Gasteiger partial charge in [-0.25, -0.2) is 0 Å². The molecule has 3 aromatic carbocycles. The van der Waals surface area contributed by atoms with E-state index < -0.39 is 11.0 Å². The van der Waals surface area contributed by atoms with Gasteiger partial charge in [-0.1, -0.05) is 72.3 Å². The Morgan fingerprint density at radius 3 is 2.29 bits per heavy atom. The quantitative estimate of drug-likeness (QED) is 0.428. The Labute approximate surface area is 183 Å². The van der Waals surface area contributed by atoms with Crippen LogP contribution in [0.5, 0.6) is 0 Å². The second-order valence-corrected chi connectivity index (χ2v) is 9.61. The van der Waals surface area contributed by atoms with E-state index in [0.29, 0.717) is 6.42 Å². The number of aliphatic hydroxyl groups is 1. The molecule has 0 unspecified atom stereocenters. The van der Waals surface area contributed by atoms with E-state index in [0.717, 1.165) is 38.9 Å². The monoisotopic (exact) mass is 409 g/mol. The summed E-state index contributed by atoms with van der Waals surface area (Å²) < 4.78 is 1.89. The molecule has 1 aromatic heterocycles. The maximum Gasteiger partial charge on any atom is 0.242 e. The number of carbonyl (C=O) groups excluding carboxylic acids is 1. The van der Waals surface area contributed by atoms with E-state index in [1.54, 1.807) is 13.8 Å². The van der Waals surface area contributed by atoms with E-state index >= 15 is 0 Å². The summed E-state index contributed by atoms with van der Waals surface area (Å²) in [6, 6.07) is 24.8. The normalized spacial score (nSPS) is 18.2. The number of hydrogen-bond acceptors (Lipinski definition) is 2. The van der Waals surface area contributed by atoms with Crippen molar-refractivity contribution in [2.24, 2.45) is 0 Å². The van der Waals surface area contributed by atoms with Gasteiger partial charge in [-0.2, -0.15) is 0 Å². The van der Waals surface area contributed by atoms with E-state index in [2.05, 4.69) is 43.3 Å². The molecule has 1 aliphatic heterocycles. The van der Waals surface area contributed by atoms with Gasteiger partial charge in [-0.05, 0) is 51.3 Å². The number of hydrogen-bond donors (Lipinski definition) is 1. The second-order valence-electron chi connectivity index (χ2n) is 9.61. The molecule has 0 saturated carbocycles. The highest BCUT2D eigenvalue weighted by Gasteiger charge is 2.47. The van der Waals surface area contributed by atoms with Gasteiger partial charge in [0.1, 0.15) is 0 Å². The van der Waals surface area contributed by atoms with Crippen LogP contribution in [0.3, 0.4) is 0 Å². The van der Waals surface area contributed by atoms with Crippen molar-refractivity contribution in [3.8, 4) is 22.4 Å². The Balaban J connectivity index is 1.91. The lowest BCUT2D eigenvalue weighted by molar-refractivity contribution is 0.0378. The molecule has 3 heteroatoms. The van der Waals surface area contributed by atoms with Crippen LogP contribution in [-0.2, 0) is 5.41 Å². The van der Waals surface area contributed by atoms with Crippen molar-refractivity contribution in [2.45, 2.75) is 45.1 Å². The number of fused-ring (bicyclic) bond motifs is 5. The van der Waals surface area contributed by atoms with Gasteiger partial charge < -0.3 is 5.11 Å². The van der Waals surface area contributed by atoms with Crippen molar-refractivity contribution < 1.29 is 9.90 Å². The fourth-order valence-corrected chi connectivity index (χ4v) is 5.29. The Morgan fingerprint density at radius 2 is 1.58 bits per heavy atom. The fourth-order valence-electron chi connectivity index (χ4n) is 5.29. The van der Waals surface area contributed by atoms with Gasteiger partial charge in [0.2, 0.25) is 5.91 Å². The first-order valence-corrected chi connectivity index (χ1v) is 10.8. The zero-order valence-corrected chi connectivity index (χ0v) is 18.4. The maximum atomic E-state index is 14.1. The molecule has 0 fully saturated rings. The summed E-state index contributed by atoms with van der Waals surface area (Å²) in [7, 11) is 0. The van der Waals surface area contributed by atoms with Crippen molar-refractivity contribution in [1.29, 1.82) is 0 Å². The number of benzene rings is 3. The predicted octanol–water partition coefficient (Wildman–Crippen LogP) is 6.36. The highest BCUT2D eigenvalue weighted by molar-refractivity contribution is 6.14. The van der Waals surface area contributed by atoms with Crippen LogP contribution in [-0.4, -0.2) is 21.2 Å². The predicted molar refractivity (Wildman–Crippen MR) is 126 cm³/mol. The first kappa shape index (κ1) is 19.8.